The molecule has 202 valence electrons. The van der Waals surface area contributed by atoms with Crippen LogP contribution < -0.4 is 20.5 Å². The number of nitrogens with two attached hydrogens (primary N) is 1. The normalized spacial score (nSPS) is 13.5. The molecule has 0 aliphatic heterocycles. The van der Waals surface area contributed by atoms with Crippen LogP contribution in [0.3, 0.4) is 0 Å². The monoisotopic (exact) mass is 540 g/mol. The van der Waals surface area contributed by atoms with Crippen LogP contribution in [0.5, 0.6) is 11.6 Å². The third kappa shape index (κ3) is 5.82. The summed E-state index contributed by atoms with van der Waals surface area (Å²) in [6.45, 7) is 0.319. The first-order chi connectivity index (χ1) is 18.8. The molecule has 4 aromatic rings. The van der Waals surface area contributed by atoms with E-state index in [2.05, 4.69) is 25.5 Å². The molecule has 1 fully saturated rings. The van der Waals surface area contributed by atoms with E-state index in [-0.39, 0.29) is 59.3 Å². The lowest BCUT2D eigenvalue weighted by molar-refractivity contribution is -0.139. The number of oxazole rings is 1. The third-order valence-electron chi connectivity index (χ3n) is 6.00. The van der Waals surface area contributed by atoms with Gasteiger partial charge >= 0.3 is 6.18 Å². The number of halogens is 3. The lowest BCUT2D eigenvalue weighted by atomic mass is 9.94. The highest BCUT2D eigenvalue weighted by molar-refractivity contribution is 6.05. The van der Waals surface area contributed by atoms with Gasteiger partial charge in [0, 0.05) is 30.1 Å². The van der Waals surface area contributed by atoms with Crippen molar-refractivity contribution in [3.8, 4) is 34.2 Å². The van der Waals surface area contributed by atoms with Crippen molar-refractivity contribution < 1.29 is 31.9 Å². The van der Waals surface area contributed by atoms with E-state index in [1.165, 1.54) is 42.9 Å². The van der Waals surface area contributed by atoms with Crippen LogP contribution in [-0.2, 0) is 6.18 Å². The van der Waals surface area contributed by atoms with E-state index in [1.807, 2.05) is 0 Å². The summed E-state index contributed by atoms with van der Waals surface area (Å²) in [7, 11) is 0. The Morgan fingerprint density at radius 2 is 1.95 bits per heavy atom. The molecule has 1 aliphatic rings. The van der Waals surface area contributed by atoms with Crippen molar-refractivity contribution in [2.24, 2.45) is 5.73 Å². The van der Waals surface area contributed by atoms with Gasteiger partial charge in [0.25, 0.3) is 5.91 Å². The summed E-state index contributed by atoms with van der Waals surface area (Å²) < 4.78 is 60.3. The molecule has 3 aromatic heterocycles. The highest BCUT2D eigenvalue weighted by atomic mass is 19.4. The van der Waals surface area contributed by atoms with Crippen molar-refractivity contribution in [3.05, 3.63) is 66.4 Å². The van der Waals surface area contributed by atoms with Gasteiger partial charge in [0.1, 0.15) is 24.2 Å². The summed E-state index contributed by atoms with van der Waals surface area (Å²) in [5.41, 5.74) is 4.50. The predicted molar refractivity (Wildman–Crippen MR) is 133 cm³/mol. The number of hydrogen-bond donors (Lipinski definition) is 2. The first-order valence-electron chi connectivity index (χ1n) is 12.1. The minimum Gasteiger partial charge on any atom is -0.490 e. The molecule has 5 rings (SSSR count). The van der Waals surface area contributed by atoms with Gasteiger partial charge in [-0.05, 0) is 49.1 Å². The Labute approximate surface area is 220 Å². The number of aromatic nitrogens is 4. The molecule has 1 saturated carbocycles. The number of anilines is 1. The number of pyridine rings is 1. The number of nitrogens with zero attached hydrogens (tertiary/aromatic N) is 4. The van der Waals surface area contributed by atoms with Gasteiger partial charge in [-0.1, -0.05) is 0 Å². The van der Waals surface area contributed by atoms with Gasteiger partial charge in [-0.25, -0.2) is 9.97 Å². The molecule has 0 saturated heterocycles. The second kappa shape index (κ2) is 11.1. The van der Waals surface area contributed by atoms with Crippen molar-refractivity contribution in [1.29, 1.82) is 0 Å². The highest BCUT2D eigenvalue weighted by Crippen LogP contribution is 2.47. The number of carbonyl (C=O) groups excluding carboxylic acids is 1. The minimum atomic E-state index is -4.81. The second-order valence-corrected chi connectivity index (χ2v) is 8.67. The van der Waals surface area contributed by atoms with Crippen LogP contribution in [0.1, 0.15) is 35.3 Å². The summed E-state index contributed by atoms with van der Waals surface area (Å²) in [6, 6.07) is 6.92. The maximum atomic E-state index is 14.6. The molecular weight excluding hydrogens is 517 g/mol. The average molecular weight is 541 g/mol. The fraction of sp³-hybridized carbons (Fsp3) is 0.269. The molecule has 39 heavy (non-hydrogen) atoms. The Balaban J connectivity index is 1.56. The number of benzene rings is 1. The Morgan fingerprint density at radius 3 is 2.64 bits per heavy atom. The van der Waals surface area contributed by atoms with Crippen molar-refractivity contribution >= 4 is 11.6 Å². The third-order valence-corrected chi connectivity index (χ3v) is 6.00. The zero-order chi connectivity index (χ0) is 27.4. The fourth-order valence-corrected chi connectivity index (χ4v) is 3.96. The van der Waals surface area contributed by atoms with Gasteiger partial charge in [-0.15, -0.1) is 0 Å². The number of carbonyl (C=O) groups is 1. The van der Waals surface area contributed by atoms with E-state index in [4.69, 9.17) is 19.6 Å². The van der Waals surface area contributed by atoms with Gasteiger partial charge in [0.2, 0.25) is 11.8 Å². The van der Waals surface area contributed by atoms with E-state index in [0.29, 0.717) is 18.4 Å². The molecule has 3 heterocycles. The maximum absolute atomic E-state index is 14.6. The van der Waals surface area contributed by atoms with E-state index in [0.717, 1.165) is 12.7 Å². The first kappa shape index (κ1) is 26.1. The van der Waals surface area contributed by atoms with Crippen LogP contribution in [0.25, 0.3) is 22.6 Å². The molecule has 0 unspecified atom stereocenters. The topological polar surface area (TPSA) is 138 Å². The quantitative estimate of drug-likeness (QED) is 0.308. The zero-order valence-corrected chi connectivity index (χ0v) is 20.4. The number of ether oxygens (including phenoxy) is 2. The van der Waals surface area contributed by atoms with Crippen LogP contribution in [0.4, 0.5) is 18.9 Å². The number of alkyl halides is 3. The van der Waals surface area contributed by atoms with Crippen LogP contribution in [-0.4, -0.2) is 45.3 Å². The van der Waals surface area contributed by atoms with Gasteiger partial charge < -0.3 is 24.9 Å². The molecule has 0 radical (unpaired) electrons. The van der Waals surface area contributed by atoms with E-state index in [1.54, 1.807) is 6.07 Å². The smallest absolute Gasteiger partial charge is 0.420 e. The van der Waals surface area contributed by atoms with Gasteiger partial charge in [0.15, 0.2) is 5.69 Å². The minimum absolute atomic E-state index is 0.0840. The largest absolute Gasteiger partial charge is 0.490 e. The lowest BCUT2D eigenvalue weighted by Crippen LogP contribution is -2.26. The molecule has 3 N–H and O–H groups in total. The Morgan fingerprint density at radius 1 is 1.13 bits per heavy atom. The van der Waals surface area contributed by atoms with E-state index < -0.39 is 17.6 Å². The van der Waals surface area contributed by atoms with Gasteiger partial charge in [-0.3, -0.25) is 4.79 Å². The van der Waals surface area contributed by atoms with E-state index in [9.17, 15) is 18.0 Å². The second-order valence-electron chi connectivity index (χ2n) is 8.67. The molecule has 0 bridgehead atoms. The zero-order valence-electron chi connectivity index (χ0n) is 20.4. The lowest BCUT2D eigenvalue weighted by Gasteiger charge is -2.29. The summed E-state index contributed by atoms with van der Waals surface area (Å²) in [5, 5.41) is 9.95. The van der Waals surface area contributed by atoms with Crippen LogP contribution in [0, 0.1) is 0 Å². The van der Waals surface area contributed by atoms with Crippen molar-refractivity contribution in [3.63, 3.8) is 0 Å². The Kier molecular flexibility index (Phi) is 7.41. The fourth-order valence-electron chi connectivity index (χ4n) is 3.96. The molecule has 1 aliphatic carbocycles. The van der Waals surface area contributed by atoms with Crippen molar-refractivity contribution in [2.45, 2.75) is 31.5 Å². The summed E-state index contributed by atoms with van der Waals surface area (Å²) in [5.74, 6) is -0.912. The Hall–Kier alpha value is -4.52. The van der Waals surface area contributed by atoms with Crippen LogP contribution in [0.2, 0.25) is 0 Å². The average Bonchev–Trinajstić information content (AvgIpc) is 3.40. The molecule has 10 nitrogen and oxygen atoms in total. The van der Waals surface area contributed by atoms with Crippen LogP contribution >= 0.6 is 0 Å². The van der Waals surface area contributed by atoms with Gasteiger partial charge in [0.05, 0.1) is 24.1 Å². The molecule has 0 spiro atoms. The summed E-state index contributed by atoms with van der Waals surface area (Å²) in [4.78, 5) is 21.3. The van der Waals surface area contributed by atoms with Crippen molar-refractivity contribution in [2.75, 3.05) is 18.5 Å². The molecule has 0 atom stereocenters. The number of rotatable bonds is 9. The molecular formula is C26H23F3N6O4. The number of nitrogens with one attached hydrogen (secondary N) is 1. The van der Waals surface area contributed by atoms with Crippen molar-refractivity contribution in [1.82, 2.24) is 20.2 Å². The Bertz CT molecular complexity index is 1460. The number of amides is 1. The summed E-state index contributed by atoms with van der Waals surface area (Å²) in [6.07, 6.45) is 2.34. The molecule has 1 aromatic carbocycles. The van der Waals surface area contributed by atoms with E-state index >= 15 is 0 Å². The first-order valence-corrected chi connectivity index (χ1v) is 12.1. The molecule has 1 amide bonds. The maximum Gasteiger partial charge on any atom is 0.420 e. The standard InChI is InChI=1S/C26H23F3N6O4/c27-26(28,29)23-20(39-17-2-1-3-17)5-4-18(22(23)15-6-9-31-21(12-15)37-11-8-30)34-24(36)19-14-38-25(35-19)16-7-10-32-33-13-16/h4-7,9-10,12-14,17H,1-3,8,11,30H2,(H,34,36). The number of hydrogen-bond acceptors (Lipinski definition) is 9. The summed E-state index contributed by atoms with van der Waals surface area (Å²) >= 11 is 0. The van der Waals surface area contributed by atoms with Gasteiger partial charge in [-0.2, -0.15) is 23.4 Å². The SMILES string of the molecule is NCCOc1cc(-c2c(NC(=O)c3coc(-c4ccnnc4)n3)ccc(OC3CCC3)c2C(F)(F)F)ccn1. The molecule has 13 heteroatoms. The predicted octanol–water partition coefficient (Wildman–Crippen LogP) is 4.73. The van der Waals surface area contributed by atoms with Crippen LogP contribution in [0.15, 0.2) is 59.6 Å². The highest BCUT2D eigenvalue weighted by Gasteiger charge is 2.40.